The maximum Gasteiger partial charge on any atom is 0.115 e. The summed E-state index contributed by atoms with van der Waals surface area (Å²) >= 11 is 7.97. The number of benzene rings is 2. The lowest BCUT2D eigenvalue weighted by atomic mass is 9.95. The van der Waals surface area contributed by atoms with Crippen molar-refractivity contribution < 1.29 is 10.2 Å². The number of aliphatic hydroxyl groups excluding tert-OH is 1. The van der Waals surface area contributed by atoms with E-state index >= 15 is 0 Å². The normalized spacial score (nSPS) is 27.4. The number of hydrogen-bond donors (Lipinski definition) is 2. The second-order valence-electron chi connectivity index (χ2n) is 7.77. The van der Waals surface area contributed by atoms with E-state index in [-0.39, 0.29) is 11.8 Å². The summed E-state index contributed by atoms with van der Waals surface area (Å²) in [6.45, 7) is 2.13. The first kappa shape index (κ1) is 19.1. The van der Waals surface area contributed by atoms with Gasteiger partial charge in [0.2, 0.25) is 0 Å². The highest BCUT2D eigenvalue weighted by Crippen LogP contribution is 2.44. The van der Waals surface area contributed by atoms with Crippen LogP contribution < -0.4 is 0 Å². The van der Waals surface area contributed by atoms with Crippen molar-refractivity contribution in [2.45, 2.75) is 67.0 Å². The summed E-state index contributed by atoms with van der Waals surface area (Å²) in [5.41, 5.74) is 0.873. The number of piperidine rings is 1. The average Bonchev–Trinajstić information content (AvgIpc) is 2.93. The van der Waals surface area contributed by atoms with Gasteiger partial charge in [0.05, 0.1) is 6.10 Å². The van der Waals surface area contributed by atoms with Gasteiger partial charge in [0.15, 0.2) is 0 Å². The number of phenols is 1. The summed E-state index contributed by atoms with van der Waals surface area (Å²) < 4.78 is 0. The van der Waals surface area contributed by atoms with Crippen molar-refractivity contribution in [1.82, 2.24) is 4.90 Å². The van der Waals surface area contributed by atoms with E-state index in [1.54, 1.807) is 12.1 Å². The Hall–Kier alpha value is -1.20. The number of halogens is 1. The molecule has 0 aromatic heterocycles. The number of thioether (sulfide) groups is 1. The van der Waals surface area contributed by atoms with Gasteiger partial charge in [-0.3, -0.25) is 4.90 Å². The molecular weight excluding hydrogens is 378 g/mol. The first-order valence-corrected chi connectivity index (χ1v) is 10.9. The number of hydrogen-bond acceptors (Lipinski definition) is 4. The van der Waals surface area contributed by atoms with Gasteiger partial charge in [0.1, 0.15) is 5.75 Å². The second-order valence-corrected chi connectivity index (χ2v) is 9.58. The van der Waals surface area contributed by atoms with Crippen molar-refractivity contribution >= 4 is 23.4 Å². The van der Waals surface area contributed by atoms with Crippen LogP contribution in [0.1, 0.15) is 44.3 Å². The Morgan fingerprint density at radius 1 is 1.00 bits per heavy atom. The van der Waals surface area contributed by atoms with E-state index in [0.717, 1.165) is 23.4 Å². The molecule has 0 radical (unpaired) electrons. The van der Waals surface area contributed by atoms with Crippen LogP contribution in [0.15, 0.2) is 53.4 Å². The molecule has 2 heterocycles. The van der Waals surface area contributed by atoms with E-state index in [4.69, 9.17) is 11.6 Å². The standard InChI is InChI=1S/C22H26ClNO2S/c1-14(22(26)15-2-8-19(25)9-3-15)24-17-6-7-18(24)13-21(12-17)27-20-10-4-16(23)5-11-20/h2-5,8-11,14,17-18,21-22,25-26H,6-7,12-13H2,1H3. The first-order valence-electron chi connectivity index (χ1n) is 9.68. The molecule has 144 valence electrons. The molecule has 4 unspecified atom stereocenters. The van der Waals surface area contributed by atoms with Crippen LogP contribution >= 0.6 is 23.4 Å². The third kappa shape index (κ3) is 4.14. The molecule has 2 aliphatic heterocycles. The predicted molar refractivity (Wildman–Crippen MR) is 112 cm³/mol. The Morgan fingerprint density at radius 3 is 2.19 bits per heavy atom. The van der Waals surface area contributed by atoms with Gasteiger partial charge < -0.3 is 10.2 Å². The van der Waals surface area contributed by atoms with E-state index in [0.29, 0.717) is 17.3 Å². The maximum atomic E-state index is 10.9. The lowest BCUT2D eigenvalue weighted by Gasteiger charge is -2.43. The summed E-state index contributed by atoms with van der Waals surface area (Å²) in [5.74, 6) is 0.235. The molecule has 5 heteroatoms. The third-order valence-corrected chi connectivity index (χ3v) is 7.54. The van der Waals surface area contributed by atoms with Crippen LogP contribution in [0.25, 0.3) is 0 Å². The second kappa shape index (κ2) is 8.04. The van der Waals surface area contributed by atoms with E-state index in [1.165, 1.54) is 17.7 Å². The molecular formula is C22H26ClNO2S. The molecule has 2 saturated heterocycles. The molecule has 2 N–H and O–H groups in total. The molecule has 4 rings (SSSR count). The van der Waals surface area contributed by atoms with Crippen LogP contribution in [-0.2, 0) is 0 Å². The molecule has 0 aliphatic carbocycles. The summed E-state index contributed by atoms with van der Waals surface area (Å²) in [6.07, 6.45) is 4.23. The molecule has 0 amide bonds. The zero-order valence-electron chi connectivity index (χ0n) is 15.5. The number of aliphatic hydroxyl groups is 1. The van der Waals surface area contributed by atoms with E-state index in [2.05, 4.69) is 24.0 Å². The van der Waals surface area contributed by atoms with Crippen LogP contribution in [-0.4, -0.2) is 38.5 Å². The lowest BCUT2D eigenvalue weighted by Crippen LogP contribution is -2.50. The summed E-state index contributed by atoms with van der Waals surface area (Å²) in [5, 5.41) is 21.8. The zero-order valence-corrected chi connectivity index (χ0v) is 17.0. The molecule has 2 bridgehead atoms. The topological polar surface area (TPSA) is 43.7 Å². The molecule has 3 nitrogen and oxygen atoms in total. The van der Waals surface area contributed by atoms with Gasteiger partial charge in [-0.05, 0) is 74.6 Å². The number of rotatable bonds is 5. The quantitative estimate of drug-likeness (QED) is 0.715. The predicted octanol–water partition coefficient (Wildman–Crippen LogP) is 5.26. The fraction of sp³-hybridized carbons (Fsp3) is 0.455. The van der Waals surface area contributed by atoms with E-state index in [1.807, 2.05) is 36.0 Å². The SMILES string of the molecule is CC(C(O)c1ccc(O)cc1)N1C2CCC1CC(Sc1ccc(Cl)cc1)C2. The van der Waals surface area contributed by atoms with Crippen molar-refractivity contribution in [2.24, 2.45) is 0 Å². The minimum Gasteiger partial charge on any atom is -0.508 e. The van der Waals surface area contributed by atoms with Crippen molar-refractivity contribution in [3.8, 4) is 5.75 Å². The van der Waals surface area contributed by atoms with Crippen molar-refractivity contribution in [3.63, 3.8) is 0 Å². The van der Waals surface area contributed by atoms with E-state index < -0.39 is 6.10 Å². The van der Waals surface area contributed by atoms with E-state index in [9.17, 15) is 10.2 Å². The number of phenolic OH excluding ortho intramolecular Hbond substituents is 1. The van der Waals surface area contributed by atoms with Gasteiger partial charge in [-0.1, -0.05) is 23.7 Å². The maximum absolute atomic E-state index is 10.9. The largest absolute Gasteiger partial charge is 0.508 e. The van der Waals surface area contributed by atoms with Crippen LogP contribution in [0.2, 0.25) is 5.02 Å². The zero-order chi connectivity index (χ0) is 19.0. The highest BCUT2D eigenvalue weighted by molar-refractivity contribution is 8.00. The fourth-order valence-corrected chi connectivity index (χ4v) is 6.18. The van der Waals surface area contributed by atoms with Gasteiger partial charge in [-0.2, -0.15) is 0 Å². The summed E-state index contributed by atoms with van der Waals surface area (Å²) in [6, 6.07) is 16.2. The van der Waals surface area contributed by atoms with Crippen molar-refractivity contribution in [3.05, 3.63) is 59.1 Å². The average molecular weight is 404 g/mol. The Bertz CT molecular complexity index is 753. The highest BCUT2D eigenvalue weighted by Gasteiger charge is 2.44. The van der Waals surface area contributed by atoms with Gasteiger partial charge in [0, 0.05) is 33.3 Å². The monoisotopic (exact) mass is 403 g/mol. The fourth-order valence-electron chi connectivity index (χ4n) is 4.74. The van der Waals surface area contributed by atoms with Gasteiger partial charge >= 0.3 is 0 Å². The molecule has 0 saturated carbocycles. The van der Waals surface area contributed by atoms with Gasteiger partial charge in [0.25, 0.3) is 0 Å². The molecule has 2 aliphatic rings. The third-order valence-electron chi connectivity index (χ3n) is 6.02. The Labute approximate surface area is 170 Å². The van der Waals surface area contributed by atoms with Crippen LogP contribution in [0.4, 0.5) is 0 Å². The molecule has 2 fully saturated rings. The van der Waals surface area contributed by atoms with Crippen molar-refractivity contribution in [2.75, 3.05) is 0 Å². The summed E-state index contributed by atoms with van der Waals surface area (Å²) in [4.78, 5) is 3.84. The number of fused-ring (bicyclic) bond motifs is 2. The molecule has 27 heavy (non-hydrogen) atoms. The molecule has 2 aromatic rings. The Kier molecular flexibility index (Phi) is 5.70. The van der Waals surface area contributed by atoms with Crippen molar-refractivity contribution in [1.29, 1.82) is 0 Å². The lowest BCUT2D eigenvalue weighted by molar-refractivity contribution is 0.0115. The minimum absolute atomic E-state index is 0.0773. The molecule has 2 aromatic carbocycles. The van der Waals surface area contributed by atoms with Crippen LogP contribution in [0.5, 0.6) is 5.75 Å². The smallest absolute Gasteiger partial charge is 0.115 e. The summed E-state index contributed by atoms with van der Waals surface area (Å²) in [7, 11) is 0. The highest BCUT2D eigenvalue weighted by atomic mass is 35.5. The molecule has 4 atom stereocenters. The van der Waals surface area contributed by atoms with Gasteiger partial charge in [-0.25, -0.2) is 0 Å². The minimum atomic E-state index is -0.533. The van der Waals surface area contributed by atoms with Gasteiger partial charge in [-0.15, -0.1) is 11.8 Å². The van der Waals surface area contributed by atoms with Crippen LogP contribution in [0, 0.1) is 0 Å². The Balaban J connectivity index is 1.42. The van der Waals surface area contributed by atoms with Crippen LogP contribution in [0.3, 0.4) is 0 Å². The first-order chi connectivity index (χ1) is 13.0. The number of nitrogens with zero attached hydrogens (tertiary/aromatic N) is 1. The Morgan fingerprint density at radius 2 is 1.59 bits per heavy atom. The number of aromatic hydroxyl groups is 1. The molecule has 0 spiro atoms.